The smallest absolute Gasteiger partial charge is 0.120 e. The van der Waals surface area contributed by atoms with E-state index in [9.17, 15) is 5.11 Å². The van der Waals surface area contributed by atoms with Crippen LogP contribution in [0.15, 0.2) is 18.2 Å². The van der Waals surface area contributed by atoms with Crippen molar-refractivity contribution >= 4 is 11.6 Å². The number of rotatable bonds is 4. The Balaban J connectivity index is 1.79. The van der Waals surface area contributed by atoms with Gasteiger partial charge < -0.3 is 15.2 Å². The van der Waals surface area contributed by atoms with Gasteiger partial charge in [0.2, 0.25) is 0 Å². The first kappa shape index (κ1) is 12.7. The number of ether oxygens (including phenoxy) is 1. The second-order valence-electron chi connectivity index (χ2n) is 4.46. The molecule has 2 rings (SSSR count). The maximum atomic E-state index is 9.65. The standard InChI is InChI=1S/C13H18ClNO2/c14-12-1-2-13(16)11(7-12)9-15-8-10-3-5-17-6-4-10/h1-2,7,10,15-16H,3-6,8-9H2. The average Bonchev–Trinajstić information content (AvgIpc) is 2.35. The van der Waals surface area contributed by atoms with Crippen LogP contribution < -0.4 is 5.32 Å². The normalized spacial score (nSPS) is 17.2. The zero-order valence-corrected chi connectivity index (χ0v) is 10.5. The number of aromatic hydroxyl groups is 1. The number of nitrogens with one attached hydrogen (secondary N) is 1. The summed E-state index contributed by atoms with van der Waals surface area (Å²) in [5.41, 5.74) is 0.851. The van der Waals surface area contributed by atoms with E-state index in [0.29, 0.717) is 23.2 Å². The van der Waals surface area contributed by atoms with Gasteiger partial charge in [0.15, 0.2) is 0 Å². The van der Waals surface area contributed by atoms with Crippen LogP contribution in [0.5, 0.6) is 5.75 Å². The van der Waals surface area contributed by atoms with Crippen LogP contribution in [0.3, 0.4) is 0 Å². The summed E-state index contributed by atoms with van der Waals surface area (Å²) in [6.45, 7) is 3.36. The van der Waals surface area contributed by atoms with Crippen LogP contribution in [-0.2, 0) is 11.3 Å². The number of phenols is 1. The SMILES string of the molecule is Oc1ccc(Cl)cc1CNCC1CCOCC1. The second kappa shape index (κ2) is 6.24. The van der Waals surface area contributed by atoms with Crippen molar-refractivity contribution in [1.29, 1.82) is 0 Å². The predicted molar refractivity (Wildman–Crippen MR) is 68.4 cm³/mol. The van der Waals surface area contributed by atoms with Gasteiger partial charge >= 0.3 is 0 Å². The average molecular weight is 256 g/mol. The summed E-state index contributed by atoms with van der Waals surface area (Å²) in [5, 5.41) is 13.7. The molecule has 1 aromatic carbocycles. The van der Waals surface area contributed by atoms with Gasteiger partial charge in [-0.2, -0.15) is 0 Å². The largest absolute Gasteiger partial charge is 0.508 e. The monoisotopic (exact) mass is 255 g/mol. The quantitative estimate of drug-likeness (QED) is 0.869. The molecule has 2 N–H and O–H groups in total. The molecule has 0 aliphatic carbocycles. The minimum absolute atomic E-state index is 0.300. The van der Waals surface area contributed by atoms with Crippen LogP contribution in [0.1, 0.15) is 18.4 Å². The molecule has 0 amide bonds. The van der Waals surface area contributed by atoms with E-state index in [1.807, 2.05) is 0 Å². The fourth-order valence-corrected chi connectivity index (χ4v) is 2.25. The van der Waals surface area contributed by atoms with Crippen molar-refractivity contribution in [2.75, 3.05) is 19.8 Å². The first-order valence-electron chi connectivity index (χ1n) is 6.01. The van der Waals surface area contributed by atoms with Gasteiger partial charge in [0.1, 0.15) is 5.75 Å². The molecule has 0 spiro atoms. The van der Waals surface area contributed by atoms with Crippen molar-refractivity contribution in [3.8, 4) is 5.75 Å². The van der Waals surface area contributed by atoms with E-state index in [-0.39, 0.29) is 0 Å². The molecular formula is C13H18ClNO2. The highest BCUT2D eigenvalue weighted by molar-refractivity contribution is 6.30. The molecular weight excluding hydrogens is 238 g/mol. The first-order chi connectivity index (χ1) is 8.25. The van der Waals surface area contributed by atoms with Gasteiger partial charge in [-0.3, -0.25) is 0 Å². The zero-order valence-electron chi connectivity index (χ0n) is 9.79. The molecule has 1 aliphatic heterocycles. The Morgan fingerprint density at radius 2 is 2.12 bits per heavy atom. The van der Waals surface area contributed by atoms with Gasteiger partial charge in [-0.15, -0.1) is 0 Å². The Hall–Kier alpha value is -0.770. The van der Waals surface area contributed by atoms with Gasteiger partial charge in [-0.1, -0.05) is 11.6 Å². The van der Waals surface area contributed by atoms with Crippen molar-refractivity contribution in [3.63, 3.8) is 0 Å². The van der Waals surface area contributed by atoms with E-state index in [0.717, 1.165) is 38.2 Å². The van der Waals surface area contributed by atoms with Crippen molar-refractivity contribution in [1.82, 2.24) is 5.32 Å². The number of hydrogen-bond acceptors (Lipinski definition) is 3. The molecule has 0 unspecified atom stereocenters. The van der Waals surface area contributed by atoms with Crippen molar-refractivity contribution < 1.29 is 9.84 Å². The minimum Gasteiger partial charge on any atom is -0.508 e. The number of halogens is 1. The minimum atomic E-state index is 0.300. The van der Waals surface area contributed by atoms with E-state index in [1.54, 1.807) is 18.2 Å². The predicted octanol–water partition coefficient (Wildman–Crippen LogP) is 2.56. The molecule has 94 valence electrons. The molecule has 1 aromatic rings. The molecule has 0 saturated carbocycles. The topological polar surface area (TPSA) is 41.5 Å². The van der Waals surface area contributed by atoms with E-state index in [4.69, 9.17) is 16.3 Å². The summed E-state index contributed by atoms with van der Waals surface area (Å²) < 4.78 is 5.31. The molecule has 1 fully saturated rings. The molecule has 0 radical (unpaired) electrons. The van der Waals surface area contributed by atoms with Crippen molar-refractivity contribution in [2.24, 2.45) is 5.92 Å². The van der Waals surface area contributed by atoms with Gasteiger partial charge in [-0.05, 0) is 43.5 Å². The Bertz CT molecular complexity index is 364. The fourth-order valence-electron chi connectivity index (χ4n) is 2.06. The third-order valence-corrected chi connectivity index (χ3v) is 3.37. The summed E-state index contributed by atoms with van der Waals surface area (Å²) in [4.78, 5) is 0. The van der Waals surface area contributed by atoms with Crippen molar-refractivity contribution in [2.45, 2.75) is 19.4 Å². The third-order valence-electron chi connectivity index (χ3n) is 3.13. The lowest BCUT2D eigenvalue weighted by Gasteiger charge is -2.22. The molecule has 0 atom stereocenters. The van der Waals surface area contributed by atoms with Crippen LogP contribution >= 0.6 is 11.6 Å². The van der Waals surface area contributed by atoms with E-state index >= 15 is 0 Å². The van der Waals surface area contributed by atoms with Crippen molar-refractivity contribution in [3.05, 3.63) is 28.8 Å². The second-order valence-corrected chi connectivity index (χ2v) is 4.90. The van der Waals surface area contributed by atoms with E-state index in [2.05, 4.69) is 5.32 Å². The van der Waals surface area contributed by atoms with Gasteiger partial charge in [-0.25, -0.2) is 0 Å². The maximum Gasteiger partial charge on any atom is 0.120 e. The summed E-state index contributed by atoms with van der Waals surface area (Å²) in [6, 6.07) is 5.13. The highest BCUT2D eigenvalue weighted by Gasteiger charge is 2.13. The van der Waals surface area contributed by atoms with Crippen LogP contribution in [0.4, 0.5) is 0 Å². The molecule has 4 heteroatoms. The Kier molecular flexibility index (Phi) is 4.66. The van der Waals surface area contributed by atoms with Gasteiger partial charge in [0.05, 0.1) is 0 Å². The van der Waals surface area contributed by atoms with Crippen LogP contribution in [0.2, 0.25) is 5.02 Å². The molecule has 17 heavy (non-hydrogen) atoms. The number of hydrogen-bond donors (Lipinski definition) is 2. The molecule has 1 aliphatic rings. The zero-order chi connectivity index (χ0) is 12.1. The highest BCUT2D eigenvalue weighted by atomic mass is 35.5. The Labute approximate surface area is 107 Å². The lowest BCUT2D eigenvalue weighted by atomic mass is 10.0. The molecule has 1 saturated heterocycles. The van der Waals surface area contributed by atoms with Gasteiger partial charge in [0.25, 0.3) is 0 Å². The number of benzene rings is 1. The van der Waals surface area contributed by atoms with Crippen LogP contribution in [0.25, 0.3) is 0 Å². The molecule has 1 heterocycles. The van der Waals surface area contributed by atoms with Crippen LogP contribution in [-0.4, -0.2) is 24.9 Å². The molecule has 3 nitrogen and oxygen atoms in total. The third kappa shape index (κ3) is 3.87. The molecule has 0 aromatic heterocycles. The van der Waals surface area contributed by atoms with Gasteiger partial charge in [0, 0.05) is 30.3 Å². The lowest BCUT2D eigenvalue weighted by molar-refractivity contribution is 0.0662. The first-order valence-corrected chi connectivity index (χ1v) is 6.39. The fraction of sp³-hybridized carbons (Fsp3) is 0.538. The Morgan fingerprint density at radius 1 is 1.35 bits per heavy atom. The highest BCUT2D eigenvalue weighted by Crippen LogP contribution is 2.21. The molecule has 0 bridgehead atoms. The summed E-state index contributed by atoms with van der Waals surface area (Å²) >= 11 is 5.89. The lowest BCUT2D eigenvalue weighted by Crippen LogP contribution is -2.27. The maximum absolute atomic E-state index is 9.65. The number of phenolic OH excluding ortho intramolecular Hbond substituents is 1. The summed E-state index contributed by atoms with van der Waals surface area (Å²) in [5.74, 6) is 0.985. The Morgan fingerprint density at radius 3 is 2.88 bits per heavy atom. The summed E-state index contributed by atoms with van der Waals surface area (Å²) in [6.07, 6.45) is 2.24. The summed E-state index contributed by atoms with van der Waals surface area (Å²) in [7, 11) is 0. The van der Waals surface area contributed by atoms with E-state index < -0.39 is 0 Å². The van der Waals surface area contributed by atoms with E-state index in [1.165, 1.54) is 0 Å². The van der Waals surface area contributed by atoms with Crippen LogP contribution in [0, 0.1) is 5.92 Å².